The van der Waals surface area contributed by atoms with E-state index in [2.05, 4.69) is 5.16 Å². The molecule has 0 aromatic heterocycles. The van der Waals surface area contributed by atoms with Crippen LogP contribution in [0.3, 0.4) is 0 Å². The van der Waals surface area contributed by atoms with Gasteiger partial charge in [0.2, 0.25) is 5.91 Å². The van der Waals surface area contributed by atoms with Crippen LogP contribution in [0.15, 0.2) is 53.7 Å². The Balaban J connectivity index is 1.64. The van der Waals surface area contributed by atoms with E-state index < -0.39 is 0 Å². The zero-order valence-corrected chi connectivity index (χ0v) is 16.6. The Morgan fingerprint density at radius 3 is 2.57 bits per heavy atom. The fraction of sp³-hybridized carbons (Fsp3) is 0.364. The lowest BCUT2D eigenvalue weighted by Crippen LogP contribution is -2.36. The van der Waals surface area contributed by atoms with Gasteiger partial charge in [-0.15, -0.1) is 0 Å². The van der Waals surface area contributed by atoms with Gasteiger partial charge in [0.1, 0.15) is 11.5 Å². The van der Waals surface area contributed by atoms with Crippen molar-refractivity contribution in [3.8, 4) is 11.5 Å². The molecule has 0 bridgehead atoms. The molecule has 28 heavy (non-hydrogen) atoms. The predicted octanol–water partition coefficient (Wildman–Crippen LogP) is 3.64. The molecular formula is C22H26N2O4. The Hall–Kier alpha value is -3.02. The van der Waals surface area contributed by atoms with E-state index in [1.54, 1.807) is 14.2 Å². The lowest BCUT2D eigenvalue weighted by Gasteiger charge is -2.24. The van der Waals surface area contributed by atoms with Crippen LogP contribution in [0.1, 0.15) is 30.9 Å². The maximum atomic E-state index is 12.5. The second-order valence-electron chi connectivity index (χ2n) is 6.68. The van der Waals surface area contributed by atoms with Gasteiger partial charge in [0, 0.05) is 19.4 Å². The molecule has 0 aliphatic carbocycles. The van der Waals surface area contributed by atoms with Crippen LogP contribution in [0, 0.1) is 0 Å². The summed E-state index contributed by atoms with van der Waals surface area (Å²) in [5, 5.41) is 4.23. The van der Waals surface area contributed by atoms with Gasteiger partial charge >= 0.3 is 0 Å². The number of methoxy groups -OCH3 is 2. The summed E-state index contributed by atoms with van der Waals surface area (Å²) in [5.41, 5.74) is 2.91. The van der Waals surface area contributed by atoms with E-state index in [4.69, 9.17) is 14.3 Å². The topological polar surface area (TPSA) is 60.4 Å². The quantitative estimate of drug-likeness (QED) is 0.699. The van der Waals surface area contributed by atoms with Crippen molar-refractivity contribution in [3.63, 3.8) is 0 Å². The zero-order valence-electron chi connectivity index (χ0n) is 16.6. The van der Waals surface area contributed by atoms with Crippen LogP contribution in [0.2, 0.25) is 0 Å². The Kier molecular flexibility index (Phi) is 6.53. The fourth-order valence-corrected chi connectivity index (χ4v) is 3.20. The number of benzene rings is 2. The highest BCUT2D eigenvalue weighted by atomic mass is 16.6. The number of carbonyl (C=O) groups excluding carboxylic acids is 1. The lowest BCUT2D eigenvalue weighted by atomic mass is 10.0. The molecule has 3 rings (SSSR count). The molecule has 1 amide bonds. The average molecular weight is 382 g/mol. The molecule has 0 saturated heterocycles. The maximum absolute atomic E-state index is 12.5. The van der Waals surface area contributed by atoms with Crippen LogP contribution in [-0.4, -0.2) is 43.4 Å². The van der Waals surface area contributed by atoms with Gasteiger partial charge in [-0.2, -0.15) is 0 Å². The molecule has 1 unspecified atom stereocenters. The summed E-state index contributed by atoms with van der Waals surface area (Å²) in [7, 11) is 3.28. The van der Waals surface area contributed by atoms with Crippen molar-refractivity contribution in [2.75, 3.05) is 20.8 Å². The number of ether oxygens (including phenoxy) is 2. The number of hydrogen-bond acceptors (Lipinski definition) is 5. The third-order valence-electron chi connectivity index (χ3n) is 4.74. The van der Waals surface area contributed by atoms with Crippen molar-refractivity contribution in [3.05, 3.63) is 59.7 Å². The minimum Gasteiger partial charge on any atom is -0.497 e. The molecule has 0 N–H and O–H groups in total. The van der Waals surface area contributed by atoms with Crippen LogP contribution in [0.5, 0.6) is 11.5 Å². The molecule has 0 spiro atoms. The minimum atomic E-state index is -0.154. The van der Waals surface area contributed by atoms with Crippen LogP contribution in [-0.2, 0) is 16.2 Å². The summed E-state index contributed by atoms with van der Waals surface area (Å²) in [4.78, 5) is 19.9. The lowest BCUT2D eigenvalue weighted by molar-refractivity contribution is -0.133. The van der Waals surface area contributed by atoms with Gasteiger partial charge in [-0.1, -0.05) is 24.2 Å². The molecule has 6 nitrogen and oxygen atoms in total. The maximum Gasteiger partial charge on any atom is 0.222 e. The summed E-state index contributed by atoms with van der Waals surface area (Å²) >= 11 is 0. The van der Waals surface area contributed by atoms with Crippen molar-refractivity contribution in [2.45, 2.75) is 32.4 Å². The molecule has 0 radical (unpaired) electrons. The number of rotatable bonds is 8. The second-order valence-corrected chi connectivity index (χ2v) is 6.68. The van der Waals surface area contributed by atoms with E-state index in [1.165, 1.54) is 0 Å². The zero-order chi connectivity index (χ0) is 19.9. The van der Waals surface area contributed by atoms with E-state index in [9.17, 15) is 4.79 Å². The summed E-state index contributed by atoms with van der Waals surface area (Å²) in [6.07, 6.45) is 0.957. The number of amides is 1. The van der Waals surface area contributed by atoms with E-state index in [-0.39, 0.29) is 12.0 Å². The van der Waals surface area contributed by atoms with Gasteiger partial charge in [0.05, 0.1) is 26.5 Å². The molecule has 148 valence electrons. The summed E-state index contributed by atoms with van der Waals surface area (Å²) in [5.74, 6) is 1.67. The van der Waals surface area contributed by atoms with Gasteiger partial charge in [-0.3, -0.25) is 4.79 Å². The van der Waals surface area contributed by atoms with Crippen molar-refractivity contribution in [1.82, 2.24) is 4.90 Å². The monoisotopic (exact) mass is 382 g/mol. The van der Waals surface area contributed by atoms with Crippen LogP contribution >= 0.6 is 0 Å². The molecule has 1 heterocycles. The Morgan fingerprint density at radius 1 is 1.14 bits per heavy atom. The van der Waals surface area contributed by atoms with Crippen molar-refractivity contribution in [1.29, 1.82) is 0 Å². The van der Waals surface area contributed by atoms with Gasteiger partial charge < -0.3 is 19.2 Å². The number of hydrogen-bond donors (Lipinski definition) is 0. The molecule has 2 aromatic carbocycles. The summed E-state index contributed by atoms with van der Waals surface area (Å²) in [6.45, 7) is 2.88. The SMILES string of the molecule is CCC(=O)N(Cc1cccc(OC)c1)CC1CC(c2ccc(OC)cc2)=NO1. The van der Waals surface area contributed by atoms with Crippen molar-refractivity contribution >= 4 is 11.6 Å². The highest BCUT2D eigenvalue weighted by Crippen LogP contribution is 2.21. The number of nitrogens with zero attached hydrogens (tertiary/aromatic N) is 2. The number of oxime groups is 1. The standard InChI is InChI=1S/C22H26N2O4/c1-4-22(25)24(14-16-6-5-7-19(12-16)27-3)15-20-13-21(23-28-20)17-8-10-18(26-2)11-9-17/h5-12,20H,4,13-15H2,1-3H3. The van der Waals surface area contributed by atoms with Gasteiger partial charge in [0.25, 0.3) is 0 Å². The summed E-state index contributed by atoms with van der Waals surface area (Å²) in [6, 6.07) is 15.5. The third-order valence-corrected chi connectivity index (χ3v) is 4.74. The smallest absolute Gasteiger partial charge is 0.222 e. The highest BCUT2D eigenvalue weighted by Gasteiger charge is 2.26. The fourth-order valence-electron chi connectivity index (χ4n) is 3.20. The van der Waals surface area contributed by atoms with Crippen molar-refractivity contribution < 1.29 is 19.1 Å². The highest BCUT2D eigenvalue weighted by molar-refractivity contribution is 6.01. The summed E-state index contributed by atoms with van der Waals surface area (Å²) < 4.78 is 10.5. The molecule has 0 fully saturated rings. The molecule has 1 aliphatic rings. The first-order valence-corrected chi connectivity index (χ1v) is 9.40. The Labute approximate surface area is 165 Å². The van der Waals surface area contributed by atoms with Crippen molar-refractivity contribution in [2.24, 2.45) is 5.16 Å². The third kappa shape index (κ3) is 4.82. The van der Waals surface area contributed by atoms with E-state index in [1.807, 2.05) is 60.4 Å². The average Bonchev–Trinajstić information content (AvgIpc) is 3.21. The van der Waals surface area contributed by atoms with Gasteiger partial charge in [0.15, 0.2) is 6.10 Å². The number of carbonyl (C=O) groups is 1. The molecule has 2 aromatic rings. The molecule has 1 atom stereocenters. The van der Waals surface area contributed by atoms with E-state index in [0.717, 1.165) is 28.3 Å². The first-order chi connectivity index (χ1) is 13.6. The van der Waals surface area contributed by atoms with Crippen LogP contribution in [0.4, 0.5) is 0 Å². The molecule has 1 aliphatic heterocycles. The van der Waals surface area contributed by atoms with Gasteiger partial charge in [-0.25, -0.2) is 0 Å². The molecule has 0 saturated carbocycles. The normalized spacial score (nSPS) is 15.5. The van der Waals surface area contributed by atoms with E-state index >= 15 is 0 Å². The first-order valence-electron chi connectivity index (χ1n) is 9.40. The Morgan fingerprint density at radius 2 is 1.89 bits per heavy atom. The second kappa shape index (κ2) is 9.26. The van der Waals surface area contributed by atoms with Crippen LogP contribution < -0.4 is 9.47 Å². The van der Waals surface area contributed by atoms with Gasteiger partial charge in [-0.05, 0) is 47.5 Å². The minimum absolute atomic E-state index is 0.0873. The van der Waals surface area contributed by atoms with Crippen LogP contribution in [0.25, 0.3) is 0 Å². The molecular weight excluding hydrogens is 356 g/mol. The Bertz CT molecular complexity index is 833. The predicted molar refractivity (Wildman–Crippen MR) is 108 cm³/mol. The molecule has 6 heteroatoms. The largest absolute Gasteiger partial charge is 0.497 e. The first kappa shape index (κ1) is 19.7. The van der Waals surface area contributed by atoms with E-state index in [0.29, 0.717) is 25.9 Å².